The molecule has 0 spiro atoms. The average molecular weight is 488 g/mol. The summed E-state index contributed by atoms with van der Waals surface area (Å²) in [6.07, 6.45) is 0.593. The van der Waals surface area contributed by atoms with E-state index >= 15 is 0 Å². The first-order valence-electron chi connectivity index (χ1n) is 10.4. The summed E-state index contributed by atoms with van der Waals surface area (Å²) in [5, 5.41) is 12.3. The first-order chi connectivity index (χ1) is 16.1. The second-order valence-corrected chi connectivity index (χ2v) is 9.70. The maximum Gasteiger partial charge on any atom is 0.407 e. The van der Waals surface area contributed by atoms with Gasteiger partial charge in [-0.2, -0.15) is 0 Å². The number of carboxylic acid groups (broad SMARTS) is 1. The Balaban J connectivity index is 1.96. The van der Waals surface area contributed by atoms with Crippen molar-refractivity contribution in [1.29, 1.82) is 0 Å². The topological polar surface area (TPSA) is 129 Å². The van der Waals surface area contributed by atoms with E-state index in [4.69, 9.17) is 4.42 Å². The number of sulfonamides is 1. The molecular weight excluding hydrogens is 465 g/mol. The fourth-order valence-corrected chi connectivity index (χ4v) is 4.43. The van der Waals surface area contributed by atoms with Gasteiger partial charge in [-0.1, -0.05) is 6.08 Å². The van der Waals surface area contributed by atoms with Gasteiger partial charge in [-0.05, 0) is 42.8 Å². The van der Waals surface area contributed by atoms with Crippen LogP contribution in [0.3, 0.4) is 0 Å². The lowest BCUT2D eigenvalue weighted by Crippen LogP contribution is -2.26. The molecule has 11 heteroatoms. The molecule has 3 N–H and O–H groups in total. The highest BCUT2D eigenvalue weighted by Crippen LogP contribution is 2.39. The van der Waals surface area contributed by atoms with Crippen LogP contribution in [0.5, 0.6) is 0 Å². The largest absolute Gasteiger partial charge is 0.465 e. The number of nitrogens with one attached hydrogen (secondary N) is 2. The number of nitrogens with zero attached hydrogens (tertiary/aromatic N) is 1. The molecule has 4 rings (SSSR count). The Bertz CT molecular complexity index is 1430. The van der Waals surface area contributed by atoms with E-state index in [-0.39, 0.29) is 41.4 Å². The summed E-state index contributed by atoms with van der Waals surface area (Å²) in [4.78, 5) is 25.4. The fraction of sp³-hybridized carbons (Fsp3) is 0.217. The van der Waals surface area contributed by atoms with Crippen LogP contribution in [0.2, 0.25) is 0 Å². The van der Waals surface area contributed by atoms with Crippen molar-refractivity contribution in [3.8, 4) is 11.3 Å². The van der Waals surface area contributed by atoms with Gasteiger partial charge < -0.3 is 19.7 Å². The third-order valence-corrected chi connectivity index (χ3v) is 6.86. The third kappa shape index (κ3) is 4.34. The predicted octanol–water partition coefficient (Wildman–Crippen LogP) is 3.74. The van der Waals surface area contributed by atoms with Gasteiger partial charge in [-0.3, -0.25) is 9.52 Å². The minimum atomic E-state index is -3.67. The van der Waals surface area contributed by atoms with E-state index in [2.05, 4.69) is 10.0 Å². The summed E-state index contributed by atoms with van der Waals surface area (Å²) in [6, 6.07) is 8.53. The summed E-state index contributed by atoms with van der Waals surface area (Å²) in [6.45, 7) is 1.70. The Morgan fingerprint density at radius 3 is 2.50 bits per heavy atom. The molecule has 0 atom stereocenters. The second kappa shape index (κ2) is 8.82. The highest BCUT2D eigenvalue weighted by atomic mass is 32.2. The van der Waals surface area contributed by atoms with Gasteiger partial charge in [-0.15, -0.1) is 0 Å². The molecule has 1 aromatic heterocycles. The quantitative estimate of drug-likeness (QED) is 0.486. The number of fused-ring (bicyclic) bond motifs is 1. The van der Waals surface area contributed by atoms with Crippen LogP contribution in [0.25, 0.3) is 27.9 Å². The number of halogens is 1. The molecule has 1 aliphatic rings. The lowest BCUT2D eigenvalue weighted by Gasteiger charge is -2.15. The van der Waals surface area contributed by atoms with Crippen molar-refractivity contribution in [3.05, 3.63) is 59.4 Å². The normalized spacial score (nSPS) is 13.7. The molecule has 1 aliphatic heterocycles. The minimum absolute atomic E-state index is 0.0552. The van der Waals surface area contributed by atoms with E-state index < -0.39 is 27.8 Å². The summed E-state index contributed by atoms with van der Waals surface area (Å²) < 4.78 is 46.7. The Kier molecular flexibility index (Phi) is 6.05. The van der Waals surface area contributed by atoms with E-state index in [0.29, 0.717) is 22.1 Å². The van der Waals surface area contributed by atoms with E-state index in [9.17, 15) is 27.5 Å². The molecule has 3 aromatic rings. The lowest BCUT2D eigenvalue weighted by atomic mass is 9.99. The van der Waals surface area contributed by atoms with Crippen LogP contribution >= 0.6 is 0 Å². The summed E-state index contributed by atoms with van der Waals surface area (Å²) in [5.41, 5.74) is 2.13. The molecule has 2 amide bonds. The molecule has 0 aliphatic carbocycles. The van der Waals surface area contributed by atoms with Crippen molar-refractivity contribution < 1.29 is 31.9 Å². The van der Waals surface area contributed by atoms with Gasteiger partial charge in [0.1, 0.15) is 17.2 Å². The third-order valence-electron chi connectivity index (χ3n) is 5.57. The zero-order valence-electron chi connectivity index (χ0n) is 18.4. The average Bonchev–Trinajstić information content (AvgIpc) is 3.43. The SMILES string of the molecule is CCS(=O)(=O)Nc1cc2oc(-c3ccc(F)cc3)c(C(=O)NC)c2cc1C1=CCN(C(=O)O)C1. The molecule has 0 fully saturated rings. The Hall–Kier alpha value is -3.86. The van der Waals surface area contributed by atoms with Gasteiger partial charge in [-0.25, -0.2) is 17.6 Å². The molecule has 9 nitrogen and oxygen atoms in total. The molecule has 34 heavy (non-hydrogen) atoms. The maximum absolute atomic E-state index is 13.5. The van der Waals surface area contributed by atoms with Gasteiger partial charge in [0.05, 0.1) is 17.0 Å². The van der Waals surface area contributed by atoms with Gasteiger partial charge in [0, 0.05) is 42.7 Å². The first-order valence-corrected chi connectivity index (χ1v) is 12.0. The molecule has 0 bridgehead atoms. The predicted molar refractivity (Wildman–Crippen MR) is 126 cm³/mol. The number of rotatable bonds is 6. The van der Waals surface area contributed by atoms with E-state index in [1.165, 1.54) is 49.2 Å². The van der Waals surface area contributed by atoms with Crippen molar-refractivity contribution >= 4 is 44.3 Å². The smallest absolute Gasteiger partial charge is 0.407 e. The van der Waals surface area contributed by atoms with Gasteiger partial charge >= 0.3 is 6.09 Å². The summed E-state index contributed by atoms with van der Waals surface area (Å²) >= 11 is 0. The Labute approximate surface area is 194 Å². The van der Waals surface area contributed by atoms with Gasteiger partial charge in [0.25, 0.3) is 5.91 Å². The van der Waals surface area contributed by atoms with Crippen molar-refractivity contribution in [2.45, 2.75) is 6.92 Å². The monoisotopic (exact) mass is 487 g/mol. The van der Waals surface area contributed by atoms with E-state index in [1.807, 2.05) is 0 Å². The number of hydrogen-bond acceptors (Lipinski definition) is 5. The minimum Gasteiger partial charge on any atom is -0.465 e. The van der Waals surface area contributed by atoms with Crippen molar-refractivity contribution in [1.82, 2.24) is 10.2 Å². The van der Waals surface area contributed by atoms with Crippen LogP contribution in [-0.4, -0.2) is 56.3 Å². The van der Waals surface area contributed by atoms with E-state index in [1.54, 1.807) is 12.1 Å². The second-order valence-electron chi connectivity index (χ2n) is 7.68. The van der Waals surface area contributed by atoms with Gasteiger partial charge in [0.15, 0.2) is 0 Å². The Morgan fingerprint density at radius 1 is 1.21 bits per heavy atom. The van der Waals surface area contributed by atoms with Crippen LogP contribution < -0.4 is 10.0 Å². The van der Waals surface area contributed by atoms with Gasteiger partial charge in [0.2, 0.25) is 10.0 Å². The summed E-state index contributed by atoms with van der Waals surface area (Å²) in [7, 11) is -2.21. The molecule has 178 valence electrons. The van der Waals surface area contributed by atoms with Crippen LogP contribution in [0, 0.1) is 5.82 Å². The zero-order valence-corrected chi connectivity index (χ0v) is 19.2. The highest BCUT2D eigenvalue weighted by Gasteiger charge is 2.27. The highest BCUT2D eigenvalue weighted by molar-refractivity contribution is 7.92. The number of hydrogen-bond donors (Lipinski definition) is 3. The molecular formula is C23H22FN3O6S. The fourth-order valence-electron chi connectivity index (χ4n) is 3.78. The molecule has 0 radical (unpaired) electrons. The Morgan fingerprint density at radius 2 is 1.91 bits per heavy atom. The molecule has 2 aromatic carbocycles. The van der Waals surface area contributed by atoms with Crippen molar-refractivity contribution in [2.75, 3.05) is 30.6 Å². The summed E-state index contributed by atoms with van der Waals surface area (Å²) in [5.74, 6) is -0.870. The number of furan rings is 1. The number of benzene rings is 2. The number of carbonyl (C=O) groups is 2. The standard InChI is InChI=1S/C23H22FN3O6S/c1-3-34(31,32)26-18-11-19-17(10-16(18)14-8-9-27(12-14)23(29)30)20(22(28)25-2)21(33-19)13-4-6-15(24)7-5-13/h4-8,10-11,26H,3,9,12H2,1-2H3,(H,25,28)(H,29,30). The lowest BCUT2D eigenvalue weighted by molar-refractivity contribution is 0.0964. The van der Waals surface area contributed by atoms with Crippen molar-refractivity contribution in [3.63, 3.8) is 0 Å². The van der Waals surface area contributed by atoms with E-state index in [0.717, 1.165) is 0 Å². The number of amides is 2. The molecule has 0 saturated heterocycles. The first kappa shape index (κ1) is 23.3. The van der Waals surface area contributed by atoms with Crippen molar-refractivity contribution in [2.24, 2.45) is 0 Å². The molecule has 0 saturated carbocycles. The maximum atomic E-state index is 13.5. The molecule has 2 heterocycles. The van der Waals surface area contributed by atoms with Crippen LogP contribution in [-0.2, 0) is 10.0 Å². The number of carbonyl (C=O) groups excluding carboxylic acids is 1. The molecule has 0 unspecified atom stereocenters. The van der Waals surface area contributed by atoms with Crippen LogP contribution in [0.4, 0.5) is 14.9 Å². The van der Waals surface area contributed by atoms with Crippen LogP contribution in [0.15, 0.2) is 46.9 Å². The van der Waals surface area contributed by atoms with Crippen LogP contribution in [0.1, 0.15) is 22.8 Å². The zero-order chi connectivity index (χ0) is 24.6. The number of anilines is 1.